The van der Waals surface area contributed by atoms with Crippen LogP contribution >= 0.6 is 0 Å². The maximum absolute atomic E-state index is 5.63. The van der Waals surface area contributed by atoms with Crippen LogP contribution in [0, 0.1) is 0 Å². The Kier molecular flexibility index (Phi) is 6.05. The monoisotopic (exact) mass is 340 g/mol. The molecule has 0 unspecified atom stereocenters. The van der Waals surface area contributed by atoms with Crippen LogP contribution in [-0.2, 0) is 0 Å². The molecule has 0 saturated carbocycles. The molecule has 0 bridgehead atoms. The minimum Gasteiger partial charge on any atom is -0.490 e. The van der Waals surface area contributed by atoms with Crippen LogP contribution in [-0.4, -0.2) is 6.61 Å². The predicted molar refractivity (Wildman–Crippen MR) is 111 cm³/mol. The summed E-state index contributed by atoms with van der Waals surface area (Å²) < 4.78 is 5.63. The maximum atomic E-state index is 5.63. The zero-order chi connectivity index (χ0) is 18.2. The second kappa shape index (κ2) is 8.87. The van der Waals surface area contributed by atoms with Gasteiger partial charge in [-0.2, -0.15) is 0 Å². The summed E-state index contributed by atoms with van der Waals surface area (Å²) in [6, 6.07) is 29.5. The molecule has 0 heterocycles. The van der Waals surface area contributed by atoms with E-state index in [9.17, 15) is 0 Å². The minimum atomic E-state index is 0.519. The molecule has 0 aliphatic rings. The molecule has 0 saturated heterocycles. The third-order valence-corrected chi connectivity index (χ3v) is 4.35. The van der Waals surface area contributed by atoms with Crippen molar-refractivity contribution in [1.82, 2.24) is 0 Å². The summed E-state index contributed by atoms with van der Waals surface area (Å²) in [6.45, 7) is 6.43. The highest BCUT2D eigenvalue weighted by molar-refractivity contribution is 5.98. The van der Waals surface area contributed by atoms with Crippen LogP contribution in [0.25, 0.3) is 11.1 Å². The number of hydrogen-bond acceptors (Lipinski definition) is 1. The Bertz CT molecular complexity index is 859. The second-order valence-electron chi connectivity index (χ2n) is 6.06. The van der Waals surface area contributed by atoms with Gasteiger partial charge in [-0.1, -0.05) is 92.4 Å². The first-order valence-electron chi connectivity index (χ1n) is 9.01. The Morgan fingerprint density at radius 2 is 1.31 bits per heavy atom. The van der Waals surface area contributed by atoms with Crippen molar-refractivity contribution in [2.45, 2.75) is 13.3 Å². The van der Waals surface area contributed by atoms with Gasteiger partial charge in [-0.25, -0.2) is 0 Å². The lowest BCUT2D eigenvalue weighted by molar-refractivity contribution is 0.363. The molecule has 3 aromatic carbocycles. The number of hydrogen-bond donors (Lipinski definition) is 0. The van der Waals surface area contributed by atoms with E-state index in [0.717, 1.165) is 12.2 Å². The first-order valence-corrected chi connectivity index (χ1v) is 9.01. The Morgan fingerprint density at radius 1 is 0.769 bits per heavy atom. The average Bonchev–Trinajstić information content (AvgIpc) is 2.72. The summed E-state index contributed by atoms with van der Waals surface area (Å²) in [5, 5.41) is 0. The third kappa shape index (κ3) is 4.12. The fourth-order valence-electron chi connectivity index (χ4n) is 3.16. The number of benzene rings is 3. The van der Waals surface area contributed by atoms with Gasteiger partial charge < -0.3 is 4.74 Å². The number of rotatable bonds is 7. The van der Waals surface area contributed by atoms with Gasteiger partial charge in [-0.15, -0.1) is 0 Å². The van der Waals surface area contributed by atoms with Crippen LogP contribution < -0.4 is 4.74 Å². The summed E-state index contributed by atoms with van der Waals surface area (Å²) in [5.41, 5.74) is 6.31. The van der Waals surface area contributed by atoms with E-state index in [2.05, 4.69) is 86.3 Å². The van der Waals surface area contributed by atoms with Crippen LogP contribution in [0.2, 0.25) is 0 Å². The van der Waals surface area contributed by atoms with Crippen LogP contribution in [0.3, 0.4) is 0 Å². The standard InChI is InChI=1S/C25H24O/c1-3-19-26-23-17-15-22(16-18-23)25(21-13-9-6-10-14-21)24(4-2)20-11-7-5-8-12-20/h3,5-18H,1,4,19H2,2H3. The largest absolute Gasteiger partial charge is 0.490 e. The molecule has 1 nitrogen and oxygen atoms in total. The molecule has 3 aromatic rings. The summed E-state index contributed by atoms with van der Waals surface area (Å²) in [4.78, 5) is 0. The fourth-order valence-corrected chi connectivity index (χ4v) is 3.16. The van der Waals surface area contributed by atoms with Crippen molar-refractivity contribution >= 4 is 11.1 Å². The van der Waals surface area contributed by atoms with E-state index in [0.29, 0.717) is 6.61 Å². The molecule has 0 fully saturated rings. The zero-order valence-electron chi connectivity index (χ0n) is 15.2. The summed E-state index contributed by atoms with van der Waals surface area (Å²) >= 11 is 0. The lowest BCUT2D eigenvalue weighted by Gasteiger charge is -2.16. The lowest BCUT2D eigenvalue weighted by Crippen LogP contribution is -1.96. The Morgan fingerprint density at radius 3 is 1.85 bits per heavy atom. The van der Waals surface area contributed by atoms with E-state index >= 15 is 0 Å². The zero-order valence-corrected chi connectivity index (χ0v) is 15.2. The van der Waals surface area contributed by atoms with Crippen molar-refractivity contribution in [2.75, 3.05) is 6.61 Å². The van der Waals surface area contributed by atoms with E-state index in [-0.39, 0.29) is 0 Å². The lowest BCUT2D eigenvalue weighted by atomic mass is 9.88. The minimum absolute atomic E-state index is 0.519. The van der Waals surface area contributed by atoms with Gasteiger partial charge in [0.1, 0.15) is 12.4 Å². The van der Waals surface area contributed by atoms with Crippen LogP contribution in [0.5, 0.6) is 5.75 Å². The van der Waals surface area contributed by atoms with Crippen molar-refractivity contribution in [1.29, 1.82) is 0 Å². The van der Waals surface area contributed by atoms with E-state index in [1.807, 2.05) is 12.1 Å². The normalized spacial score (nSPS) is 11.6. The van der Waals surface area contributed by atoms with E-state index in [1.165, 1.54) is 27.8 Å². The third-order valence-electron chi connectivity index (χ3n) is 4.35. The molecular weight excluding hydrogens is 316 g/mol. The van der Waals surface area contributed by atoms with Crippen LogP contribution in [0.1, 0.15) is 30.0 Å². The molecule has 1 heteroatoms. The molecule has 0 aliphatic carbocycles. The first kappa shape index (κ1) is 17.8. The average molecular weight is 340 g/mol. The smallest absolute Gasteiger partial charge is 0.119 e. The van der Waals surface area contributed by atoms with Gasteiger partial charge in [0.2, 0.25) is 0 Å². The van der Waals surface area contributed by atoms with Crippen molar-refractivity contribution in [3.05, 3.63) is 114 Å². The second-order valence-corrected chi connectivity index (χ2v) is 6.06. The Balaban J connectivity index is 2.13. The number of allylic oxidation sites excluding steroid dienone is 1. The van der Waals surface area contributed by atoms with Gasteiger partial charge in [0, 0.05) is 0 Å². The van der Waals surface area contributed by atoms with Crippen molar-refractivity contribution in [3.8, 4) is 5.75 Å². The molecule has 0 radical (unpaired) electrons. The van der Waals surface area contributed by atoms with Gasteiger partial charge in [0.05, 0.1) is 0 Å². The molecule has 0 amide bonds. The molecule has 0 atom stereocenters. The number of ether oxygens (including phenoxy) is 1. The predicted octanol–water partition coefficient (Wildman–Crippen LogP) is 6.62. The van der Waals surface area contributed by atoms with E-state index in [1.54, 1.807) is 6.08 Å². The van der Waals surface area contributed by atoms with Crippen LogP contribution in [0.4, 0.5) is 0 Å². The van der Waals surface area contributed by atoms with Gasteiger partial charge in [-0.3, -0.25) is 0 Å². The SMILES string of the molecule is C=CCOc1ccc(C(=C(CC)c2ccccc2)c2ccccc2)cc1. The molecule has 0 aromatic heterocycles. The Labute approximate surface area is 156 Å². The summed E-state index contributed by atoms with van der Waals surface area (Å²) in [5.74, 6) is 0.860. The maximum Gasteiger partial charge on any atom is 0.119 e. The quantitative estimate of drug-likeness (QED) is 0.347. The molecular formula is C25H24O. The molecule has 0 N–H and O–H groups in total. The highest BCUT2D eigenvalue weighted by atomic mass is 16.5. The van der Waals surface area contributed by atoms with Crippen molar-refractivity contribution in [2.24, 2.45) is 0 Å². The van der Waals surface area contributed by atoms with E-state index in [4.69, 9.17) is 4.74 Å². The van der Waals surface area contributed by atoms with Gasteiger partial charge >= 0.3 is 0 Å². The topological polar surface area (TPSA) is 9.23 Å². The van der Waals surface area contributed by atoms with Gasteiger partial charge in [0.25, 0.3) is 0 Å². The summed E-state index contributed by atoms with van der Waals surface area (Å²) in [6.07, 6.45) is 2.72. The van der Waals surface area contributed by atoms with Gasteiger partial charge in [0.15, 0.2) is 0 Å². The highest BCUT2D eigenvalue weighted by Crippen LogP contribution is 2.34. The molecule has 26 heavy (non-hydrogen) atoms. The van der Waals surface area contributed by atoms with Crippen LogP contribution in [0.15, 0.2) is 97.6 Å². The molecule has 3 rings (SSSR count). The van der Waals surface area contributed by atoms with Crippen molar-refractivity contribution < 1.29 is 4.74 Å². The fraction of sp³-hybridized carbons (Fsp3) is 0.120. The summed E-state index contributed by atoms with van der Waals surface area (Å²) in [7, 11) is 0. The molecule has 0 spiro atoms. The molecule has 0 aliphatic heterocycles. The van der Waals surface area contributed by atoms with E-state index < -0.39 is 0 Å². The Hall–Kier alpha value is -3.06. The van der Waals surface area contributed by atoms with Crippen molar-refractivity contribution in [3.63, 3.8) is 0 Å². The highest BCUT2D eigenvalue weighted by Gasteiger charge is 2.12. The van der Waals surface area contributed by atoms with Gasteiger partial charge in [-0.05, 0) is 46.4 Å². The molecule has 130 valence electrons. The first-order chi connectivity index (χ1) is 12.8.